The van der Waals surface area contributed by atoms with Gasteiger partial charge in [-0.05, 0) is 117 Å². The van der Waals surface area contributed by atoms with Gasteiger partial charge in [-0.25, -0.2) is 0 Å². The fraction of sp³-hybridized carbons (Fsp3) is 0.0500. The monoisotopic (exact) mass is 686 g/mol. The lowest BCUT2D eigenvalue weighted by molar-refractivity contribution is 0.520. The van der Waals surface area contributed by atoms with Crippen LogP contribution in [0.15, 0.2) is 60.7 Å². The van der Waals surface area contributed by atoms with E-state index in [1.165, 1.54) is 0 Å². The van der Waals surface area contributed by atoms with Crippen molar-refractivity contribution in [2.45, 2.75) is 10.7 Å². The number of terminal acetylenes is 2. The molecule has 2 nitrogen and oxygen atoms in total. The van der Waals surface area contributed by atoms with Gasteiger partial charge in [0.25, 0.3) is 0 Å². The second kappa shape index (κ2) is 19.0. The van der Waals surface area contributed by atoms with Crippen molar-refractivity contribution < 1.29 is 9.47 Å². The highest BCUT2D eigenvalue weighted by Gasteiger charge is 2.13. The lowest BCUT2D eigenvalue weighted by Crippen LogP contribution is -1.95. The first-order chi connectivity index (χ1) is 21.7. The number of benzene rings is 3. The third-order valence-electron chi connectivity index (χ3n) is 5.24. The molecule has 0 saturated carbocycles. The standard InChI is InChI=1S/C40H16Br2O2/c1-3-5-7-9-11-13-15-17-25-43-37-23-19-21-33(27-37)39-29-36(32-42)40(30-35(39)31-41)34-22-20-24-38(28-34)44-26-18-16-14-12-10-8-6-4-2/h1-2,19-24,27-30H,31-32H2. The van der Waals surface area contributed by atoms with Gasteiger partial charge in [-0.15, -0.1) is 12.8 Å². The summed E-state index contributed by atoms with van der Waals surface area (Å²) in [6.07, 6.45) is 15.2. The van der Waals surface area contributed by atoms with Crippen molar-refractivity contribution in [3.05, 3.63) is 71.8 Å². The van der Waals surface area contributed by atoms with Crippen LogP contribution >= 0.6 is 31.9 Å². The SMILES string of the molecule is C#CC#CC#CC#CC#COc1cccc(-c2cc(CBr)c(-c3cccc(OC#CC#CC#CC#CC#C)c3)cc2CBr)c1. The molecule has 0 aliphatic heterocycles. The predicted molar refractivity (Wildman–Crippen MR) is 184 cm³/mol. The van der Waals surface area contributed by atoms with Gasteiger partial charge in [0.2, 0.25) is 0 Å². The molecule has 0 amide bonds. The first kappa shape index (κ1) is 32.3. The largest absolute Gasteiger partial charge is 0.407 e. The summed E-state index contributed by atoms with van der Waals surface area (Å²) < 4.78 is 11.2. The molecule has 0 aliphatic rings. The summed E-state index contributed by atoms with van der Waals surface area (Å²) in [6.45, 7) is 0. The van der Waals surface area contributed by atoms with E-state index in [0.29, 0.717) is 22.2 Å². The van der Waals surface area contributed by atoms with Gasteiger partial charge in [0.15, 0.2) is 0 Å². The maximum absolute atomic E-state index is 5.58. The Labute approximate surface area is 276 Å². The fourth-order valence-corrected chi connectivity index (χ4v) is 4.43. The molecule has 0 spiro atoms. The number of halogens is 2. The summed E-state index contributed by atoms with van der Waals surface area (Å²) in [5.41, 5.74) is 6.29. The van der Waals surface area contributed by atoms with Crippen molar-refractivity contribution in [3.63, 3.8) is 0 Å². The Kier molecular flexibility index (Phi) is 14.0. The molecule has 0 radical (unpaired) electrons. The van der Waals surface area contributed by atoms with Crippen LogP contribution in [0.4, 0.5) is 0 Å². The highest BCUT2D eigenvalue weighted by Crippen LogP contribution is 2.36. The van der Waals surface area contributed by atoms with Gasteiger partial charge in [-0.3, -0.25) is 0 Å². The van der Waals surface area contributed by atoms with Gasteiger partial charge < -0.3 is 9.47 Å². The topological polar surface area (TPSA) is 18.5 Å². The van der Waals surface area contributed by atoms with E-state index in [-0.39, 0.29) is 0 Å². The van der Waals surface area contributed by atoms with Crippen LogP contribution in [-0.2, 0) is 10.7 Å². The van der Waals surface area contributed by atoms with Crippen LogP contribution in [-0.4, -0.2) is 0 Å². The summed E-state index contributed by atoms with van der Waals surface area (Å²) in [4.78, 5) is 0. The Morgan fingerprint density at radius 1 is 0.477 bits per heavy atom. The van der Waals surface area contributed by atoms with Crippen LogP contribution in [0.1, 0.15) is 11.1 Å². The van der Waals surface area contributed by atoms with E-state index in [1.807, 2.05) is 48.5 Å². The first-order valence-corrected chi connectivity index (χ1v) is 14.7. The zero-order chi connectivity index (χ0) is 31.2. The maximum atomic E-state index is 5.58. The molecule has 4 heteroatoms. The van der Waals surface area contributed by atoms with Crippen LogP contribution in [0.2, 0.25) is 0 Å². The van der Waals surface area contributed by atoms with Crippen molar-refractivity contribution in [3.8, 4) is 154 Å². The number of alkyl halides is 2. The second-order valence-corrected chi connectivity index (χ2v) is 9.06. The van der Waals surface area contributed by atoms with Crippen LogP contribution in [0.3, 0.4) is 0 Å². The summed E-state index contributed by atoms with van der Waals surface area (Å²) in [6, 6.07) is 19.7. The quantitative estimate of drug-likeness (QED) is 0.210. The average molecular weight is 688 g/mol. The number of rotatable bonds is 6. The van der Waals surface area contributed by atoms with Gasteiger partial charge in [0, 0.05) is 58.0 Å². The van der Waals surface area contributed by atoms with Crippen molar-refractivity contribution in [1.29, 1.82) is 0 Å². The normalized spacial score (nSPS) is 7.82. The Morgan fingerprint density at radius 2 is 0.841 bits per heavy atom. The second-order valence-electron chi connectivity index (χ2n) is 7.94. The average Bonchev–Trinajstić information content (AvgIpc) is 3.06. The van der Waals surface area contributed by atoms with E-state index in [1.54, 1.807) is 0 Å². The van der Waals surface area contributed by atoms with Gasteiger partial charge in [-0.2, -0.15) is 0 Å². The van der Waals surface area contributed by atoms with E-state index in [4.69, 9.17) is 22.3 Å². The fourth-order valence-electron chi connectivity index (χ4n) is 3.51. The molecule has 3 rings (SSSR count). The van der Waals surface area contributed by atoms with Crippen LogP contribution < -0.4 is 9.47 Å². The van der Waals surface area contributed by atoms with Crippen LogP contribution in [0, 0.1) is 120 Å². The third-order valence-corrected chi connectivity index (χ3v) is 6.45. The van der Waals surface area contributed by atoms with E-state index >= 15 is 0 Å². The van der Waals surface area contributed by atoms with E-state index in [2.05, 4.69) is 151 Å². The van der Waals surface area contributed by atoms with Gasteiger partial charge >= 0.3 is 0 Å². The molecule has 3 aromatic carbocycles. The zero-order valence-corrected chi connectivity index (χ0v) is 26.1. The molecule has 0 bridgehead atoms. The highest BCUT2D eigenvalue weighted by molar-refractivity contribution is 9.08. The molecule has 0 unspecified atom stereocenters. The van der Waals surface area contributed by atoms with Gasteiger partial charge in [0.1, 0.15) is 23.7 Å². The first-order valence-electron chi connectivity index (χ1n) is 12.4. The van der Waals surface area contributed by atoms with Crippen LogP contribution in [0.5, 0.6) is 11.5 Å². The van der Waals surface area contributed by atoms with Crippen molar-refractivity contribution in [2.24, 2.45) is 0 Å². The number of ether oxygens (including phenoxy) is 2. The van der Waals surface area contributed by atoms with E-state index in [0.717, 1.165) is 33.4 Å². The number of hydrogen-bond donors (Lipinski definition) is 0. The highest BCUT2D eigenvalue weighted by atomic mass is 79.9. The molecule has 202 valence electrons. The Morgan fingerprint density at radius 3 is 1.20 bits per heavy atom. The lowest BCUT2D eigenvalue weighted by Gasteiger charge is -2.16. The van der Waals surface area contributed by atoms with Crippen molar-refractivity contribution in [1.82, 2.24) is 0 Å². The predicted octanol–water partition coefficient (Wildman–Crippen LogP) is 6.78. The summed E-state index contributed by atoms with van der Waals surface area (Å²) in [5, 5.41) is 1.28. The molecule has 0 saturated heterocycles. The third kappa shape index (κ3) is 10.7. The number of hydrogen-bond acceptors (Lipinski definition) is 2. The Bertz CT molecular complexity index is 2010. The summed E-state index contributed by atoms with van der Waals surface area (Å²) >= 11 is 7.32. The maximum Gasteiger partial charge on any atom is 0.140 e. The molecule has 0 N–H and O–H groups in total. The molecule has 0 heterocycles. The summed E-state index contributed by atoms with van der Waals surface area (Å²) in [7, 11) is 0. The Balaban J connectivity index is 1.83. The van der Waals surface area contributed by atoms with Crippen molar-refractivity contribution >= 4 is 31.9 Å². The Hall–Kier alpha value is -6.18. The van der Waals surface area contributed by atoms with E-state index in [9.17, 15) is 0 Å². The smallest absolute Gasteiger partial charge is 0.140 e. The van der Waals surface area contributed by atoms with Crippen LogP contribution in [0.25, 0.3) is 22.3 Å². The molecule has 0 aromatic heterocycles. The molecular weight excluding hydrogens is 672 g/mol. The minimum Gasteiger partial charge on any atom is -0.407 e. The lowest BCUT2D eigenvalue weighted by atomic mass is 9.92. The van der Waals surface area contributed by atoms with E-state index < -0.39 is 0 Å². The zero-order valence-electron chi connectivity index (χ0n) is 22.9. The minimum absolute atomic E-state index is 0.591. The molecule has 0 fully saturated rings. The molecule has 0 atom stereocenters. The molecular formula is C40H16Br2O2. The molecule has 3 aromatic rings. The minimum atomic E-state index is 0.591. The molecule has 0 aliphatic carbocycles. The van der Waals surface area contributed by atoms with Gasteiger partial charge in [-0.1, -0.05) is 56.1 Å². The summed E-state index contributed by atoms with van der Waals surface area (Å²) in [5.74, 6) is 40.8. The van der Waals surface area contributed by atoms with Crippen molar-refractivity contribution in [2.75, 3.05) is 0 Å². The van der Waals surface area contributed by atoms with Gasteiger partial charge in [0.05, 0.1) is 0 Å². The molecule has 44 heavy (non-hydrogen) atoms.